The van der Waals surface area contributed by atoms with Gasteiger partial charge in [0.25, 0.3) is 0 Å². The predicted octanol–water partition coefficient (Wildman–Crippen LogP) is 2.10. The summed E-state index contributed by atoms with van der Waals surface area (Å²) in [6, 6.07) is 15.4. The van der Waals surface area contributed by atoms with Gasteiger partial charge in [-0.25, -0.2) is 0 Å². The van der Waals surface area contributed by atoms with Gasteiger partial charge in [0.05, 0.1) is 13.2 Å². The second kappa shape index (κ2) is 7.53. The van der Waals surface area contributed by atoms with E-state index in [1.165, 1.54) is 0 Å². The van der Waals surface area contributed by atoms with Crippen LogP contribution in [0.25, 0.3) is 11.1 Å². The van der Waals surface area contributed by atoms with Gasteiger partial charge in [0, 0.05) is 6.07 Å². The average Bonchev–Trinajstić information content (AvgIpc) is 2.51. The number of hydrogen-bond acceptors (Lipinski definition) is 4. The molecular weight excluding hydrogens is 256 g/mol. The molecule has 0 saturated carbocycles. The molecule has 0 aromatic heterocycles. The number of rotatable bonds is 7. The van der Waals surface area contributed by atoms with Gasteiger partial charge < -0.3 is 19.7 Å². The third kappa shape index (κ3) is 3.98. The van der Waals surface area contributed by atoms with Crippen molar-refractivity contribution in [2.75, 3.05) is 26.4 Å². The summed E-state index contributed by atoms with van der Waals surface area (Å²) in [5.74, 6) is 1.27. The lowest BCUT2D eigenvalue weighted by molar-refractivity contribution is 0.195. The Morgan fingerprint density at radius 1 is 0.700 bits per heavy atom. The summed E-state index contributed by atoms with van der Waals surface area (Å²) in [6.07, 6.45) is 0. The number of aliphatic hydroxyl groups is 2. The Hall–Kier alpha value is -2.04. The fourth-order valence-electron chi connectivity index (χ4n) is 1.86. The summed E-state index contributed by atoms with van der Waals surface area (Å²) in [6.45, 7) is 0.389. The Balaban J connectivity index is 2.29. The first-order valence-corrected chi connectivity index (χ1v) is 6.51. The van der Waals surface area contributed by atoms with Crippen LogP contribution in [-0.4, -0.2) is 36.6 Å². The van der Waals surface area contributed by atoms with Crippen LogP contribution in [0.2, 0.25) is 0 Å². The summed E-state index contributed by atoms with van der Waals surface area (Å²) in [5, 5.41) is 17.7. The Kier molecular flexibility index (Phi) is 5.41. The van der Waals surface area contributed by atoms with Crippen molar-refractivity contribution in [2.24, 2.45) is 0 Å². The van der Waals surface area contributed by atoms with Crippen molar-refractivity contribution in [1.82, 2.24) is 0 Å². The molecule has 2 rings (SSSR count). The molecule has 0 aliphatic heterocycles. The Morgan fingerprint density at radius 3 is 1.75 bits per heavy atom. The van der Waals surface area contributed by atoms with E-state index in [-0.39, 0.29) is 26.4 Å². The fraction of sp³-hybridized carbons (Fsp3) is 0.250. The van der Waals surface area contributed by atoms with Crippen LogP contribution in [0.5, 0.6) is 11.5 Å². The van der Waals surface area contributed by atoms with E-state index in [2.05, 4.69) is 0 Å². The second-order valence-corrected chi connectivity index (χ2v) is 4.20. The topological polar surface area (TPSA) is 58.9 Å². The van der Waals surface area contributed by atoms with E-state index in [4.69, 9.17) is 19.7 Å². The number of ether oxygens (including phenoxy) is 2. The molecule has 2 aromatic rings. The molecule has 0 amide bonds. The van der Waals surface area contributed by atoms with Gasteiger partial charge in [-0.15, -0.1) is 0 Å². The minimum atomic E-state index is -0.0393. The SMILES string of the molecule is OCCOc1cc(OCCO)cc(-c2ccccc2)c1. The zero-order valence-electron chi connectivity index (χ0n) is 11.2. The standard InChI is InChI=1S/C16H18O4/c17-6-8-19-15-10-14(13-4-2-1-3-5-13)11-16(12-15)20-9-7-18/h1-5,10-12,17-18H,6-9H2. The molecule has 0 aliphatic rings. The summed E-state index contributed by atoms with van der Waals surface area (Å²) in [4.78, 5) is 0. The van der Waals surface area contributed by atoms with Crippen LogP contribution in [0.3, 0.4) is 0 Å². The molecule has 0 saturated heterocycles. The molecule has 106 valence electrons. The molecule has 0 fully saturated rings. The van der Waals surface area contributed by atoms with E-state index in [9.17, 15) is 0 Å². The summed E-state index contributed by atoms with van der Waals surface area (Å²) in [5.41, 5.74) is 2.02. The van der Waals surface area contributed by atoms with Crippen LogP contribution in [-0.2, 0) is 0 Å². The molecular formula is C16H18O4. The van der Waals surface area contributed by atoms with Gasteiger partial charge in [-0.05, 0) is 23.3 Å². The average molecular weight is 274 g/mol. The fourth-order valence-corrected chi connectivity index (χ4v) is 1.86. The van der Waals surface area contributed by atoms with Crippen molar-refractivity contribution in [3.63, 3.8) is 0 Å². The van der Waals surface area contributed by atoms with E-state index in [1.807, 2.05) is 42.5 Å². The number of aliphatic hydroxyl groups excluding tert-OH is 2. The Morgan fingerprint density at radius 2 is 1.25 bits per heavy atom. The third-order valence-electron chi connectivity index (χ3n) is 2.71. The predicted molar refractivity (Wildman–Crippen MR) is 77.0 cm³/mol. The minimum Gasteiger partial charge on any atom is -0.491 e. The van der Waals surface area contributed by atoms with Crippen molar-refractivity contribution in [1.29, 1.82) is 0 Å². The van der Waals surface area contributed by atoms with Gasteiger partial charge in [-0.2, -0.15) is 0 Å². The van der Waals surface area contributed by atoms with Crippen molar-refractivity contribution in [2.45, 2.75) is 0 Å². The van der Waals surface area contributed by atoms with E-state index in [0.717, 1.165) is 11.1 Å². The van der Waals surface area contributed by atoms with Crippen LogP contribution in [0.4, 0.5) is 0 Å². The first-order valence-electron chi connectivity index (χ1n) is 6.51. The second-order valence-electron chi connectivity index (χ2n) is 4.20. The van der Waals surface area contributed by atoms with Crippen LogP contribution in [0.15, 0.2) is 48.5 Å². The molecule has 4 nitrogen and oxygen atoms in total. The van der Waals surface area contributed by atoms with Crippen molar-refractivity contribution in [3.05, 3.63) is 48.5 Å². The first-order chi connectivity index (χ1) is 9.83. The molecule has 4 heteroatoms. The van der Waals surface area contributed by atoms with Gasteiger partial charge in [0.2, 0.25) is 0 Å². The molecule has 0 bridgehead atoms. The molecule has 0 aliphatic carbocycles. The van der Waals surface area contributed by atoms with E-state index in [1.54, 1.807) is 6.07 Å². The van der Waals surface area contributed by atoms with Crippen LogP contribution in [0.1, 0.15) is 0 Å². The Labute approximate surface area is 118 Å². The summed E-state index contributed by atoms with van der Waals surface area (Å²) >= 11 is 0. The number of benzene rings is 2. The van der Waals surface area contributed by atoms with E-state index < -0.39 is 0 Å². The summed E-state index contributed by atoms with van der Waals surface area (Å²) < 4.78 is 10.9. The lowest BCUT2D eigenvalue weighted by Gasteiger charge is -2.11. The molecule has 2 aromatic carbocycles. The van der Waals surface area contributed by atoms with Crippen LogP contribution < -0.4 is 9.47 Å². The smallest absolute Gasteiger partial charge is 0.123 e. The monoisotopic (exact) mass is 274 g/mol. The van der Waals surface area contributed by atoms with Crippen LogP contribution >= 0.6 is 0 Å². The quantitative estimate of drug-likeness (QED) is 0.811. The molecule has 2 N–H and O–H groups in total. The highest BCUT2D eigenvalue weighted by Crippen LogP contribution is 2.29. The lowest BCUT2D eigenvalue weighted by Crippen LogP contribution is -2.04. The zero-order chi connectivity index (χ0) is 14.2. The maximum Gasteiger partial charge on any atom is 0.123 e. The van der Waals surface area contributed by atoms with Gasteiger partial charge in [-0.3, -0.25) is 0 Å². The highest BCUT2D eigenvalue weighted by molar-refractivity contribution is 5.67. The van der Waals surface area contributed by atoms with Crippen molar-refractivity contribution in [3.8, 4) is 22.6 Å². The van der Waals surface area contributed by atoms with Crippen molar-refractivity contribution < 1.29 is 19.7 Å². The van der Waals surface area contributed by atoms with Gasteiger partial charge in [0.1, 0.15) is 24.7 Å². The van der Waals surface area contributed by atoms with Crippen LogP contribution in [0, 0.1) is 0 Å². The van der Waals surface area contributed by atoms with Crippen molar-refractivity contribution >= 4 is 0 Å². The van der Waals surface area contributed by atoms with Gasteiger partial charge >= 0.3 is 0 Å². The minimum absolute atomic E-state index is 0.0393. The lowest BCUT2D eigenvalue weighted by atomic mass is 10.1. The molecule has 0 spiro atoms. The summed E-state index contributed by atoms with van der Waals surface area (Å²) in [7, 11) is 0. The molecule has 0 unspecified atom stereocenters. The number of hydrogen-bond donors (Lipinski definition) is 2. The Bertz CT molecular complexity index is 499. The van der Waals surface area contributed by atoms with E-state index >= 15 is 0 Å². The first kappa shape index (κ1) is 14.4. The molecule has 0 radical (unpaired) electrons. The third-order valence-corrected chi connectivity index (χ3v) is 2.71. The highest BCUT2D eigenvalue weighted by Gasteiger charge is 2.05. The maximum absolute atomic E-state index is 8.84. The maximum atomic E-state index is 8.84. The molecule has 0 atom stereocenters. The zero-order valence-corrected chi connectivity index (χ0v) is 11.2. The largest absolute Gasteiger partial charge is 0.491 e. The highest BCUT2D eigenvalue weighted by atomic mass is 16.5. The van der Waals surface area contributed by atoms with Gasteiger partial charge in [-0.1, -0.05) is 30.3 Å². The molecule has 20 heavy (non-hydrogen) atoms. The normalized spacial score (nSPS) is 10.3. The van der Waals surface area contributed by atoms with E-state index in [0.29, 0.717) is 11.5 Å². The van der Waals surface area contributed by atoms with Gasteiger partial charge in [0.15, 0.2) is 0 Å². The molecule has 0 heterocycles.